The molecule has 2 atom stereocenters. The summed E-state index contributed by atoms with van der Waals surface area (Å²) in [7, 11) is 0. The summed E-state index contributed by atoms with van der Waals surface area (Å²) in [5.41, 5.74) is 8.27. The Labute approximate surface area is 143 Å². The van der Waals surface area contributed by atoms with Gasteiger partial charge in [-0.3, -0.25) is 4.79 Å². The summed E-state index contributed by atoms with van der Waals surface area (Å²) in [5.74, 6) is -0.162. The van der Waals surface area contributed by atoms with Gasteiger partial charge in [0, 0.05) is 6.61 Å². The van der Waals surface area contributed by atoms with Crippen molar-refractivity contribution in [2.75, 3.05) is 6.61 Å². The first-order valence-corrected chi connectivity index (χ1v) is 8.46. The number of carbonyl (C=O) groups is 1. The predicted molar refractivity (Wildman–Crippen MR) is 96.4 cm³/mol. The average Bonchev–Trinajstić information content (AvgIpc) is 2.63. The van der Waals surface area contributed by atoms with E-state index in [1.54, 1.807) is 0 Å². The topological polar surface area (TPSA) is 75.4 Å². The second kappa shape index (κ2) is 9.85. The van der Waals surface area contributed by atoms with Crippen LogP contribution in [0.15, 0.2) is 60.7 Å². The maximum atomic E-state index is 12.3. The number of nitrogens with two attached hydrogens (primary N) is 1. The summed E-state index contributed by atoms with van der Waals surface area (Å²) in [6.07, 6.45) is 2.91. The fourth-order valence-electron chi connectivity index (χ4n) is 2.72. The van der Waals surface area contributed by atoms with Crippen LogP contribution in [-0.2, 0) is 11.2 Å². The van der Waals surface area contributed by atoms with E-state index in [-0.39, 0.29) is 18.6 Å². The van der Waals surface area contributed by atoms with Gasteiger partial charge in [-0.25, -0.2) is 0 Å². The van der Waals surface area contributed by atoms with Crippen LogP contribution in [0, 0.1) is 0 Å². The number of hydrogen-bond acceptors (Lipinski definition) is 3. The minimum Gasteiger partial charge on any atom is -0.396 e. The molecule has 0 heterocycles. The van der Waals surface area contributed by atoms with Crippen molar-refractivity contribution in [2.24, 2.45) is 5.73 Å². The van der Waals surface area contributed by atoms with Crippen molar-refractivity contribution in [3.63, 3.8) is 0 Å². The van der Waals surface area contributed by atoms with E-state index in [4.69, 9.17) is 5.73 Å². The lowest BCUT2D eigenvalue weighted by Gasteiger charge is -2.21. The maximum absolute atomic E-state index is 12.3. The highest BCUT2D eigenvalue weighted by Crippen LogP contribution is 2.16. The fourth-order valence-corrected chi connectivity index (χ4v) is 2.72. The van der Waals surface area contributed by atoms with Crippen molar-refractivity contribution >= 4 is 5.91 Å². The summed E-state index contributed by atoms with van der Waals surface area (Å²) >= 11 is 0. The van der Waals surface area contributed by atoms with Gasteiger partial charge in [-0.1, -0.05) is 60.7 Å². The molecule has 0 aliphatic carbocycles. The van der Waals surface area contributed by atoms with Gasteiger partial charge >= 0.3 is 0 Å². The van der Waals surface area contributed by atoms with Gasteiger partial charge in [-0.2, -0.15) is 0 Å². The van der Waals surface area contributed by atoms with E-state index in [1.165, 1.54) is 5.56 Å². The van der Waals surface area contributed by atoms with E-state index in [1.807, 2.05) is 48.5 Å². The minimum atomic E-state index is -0.529. The van der Waals surface area contributed by atoms with Crippen molar-refractivity contribution < 1.29 is 9.90 Å². The Hall–Kier alpha value is -2.17. The quantitative estimate of drug-likeness (QED) is 0.663. The number of rotatable bonds is 9. The van der Waals surface area contributed by atoms with Crippen LogP contribution in [0.4, 0.5) is 0 Å². The van der Waals surface area contributed by atoms with Crippen LogP contribution in [0.1, 0.15) is 36.4 Å². The number of hydrogen-bond donors (Lipinski definition) is 3. The lowest BCUT2D eigenvalue weighted by Crippen LogP contribution is -2.42. The molecule has 0 aromatic heterocycles. The highest BCUT2D eigenvalue weighted by molar-refractivity contribution is 5.81. The van der Waals surface area contributed by atoms with Crippen molar-refractivity contribution in [2.45, 2.75) is 37.8 Å². The summed E-state index contributed by atoms with van der Waals surface area (Å²) < 4.78 is 0. The van der Waals surface area contributed by atoms with Gasteiger partial charge in [0.05, 0.1) is 12.1 Å². The van der Waals surface area contributed by atoms with Gasteiger partial charge in [0.1, 0.15) is 0 Å². The smallest absolute Gasteiger partial charge is 0.237 e. The van der Waals surface area contributed by atoms with Crippen molar-refractivity contribution in [3.8, 4) is 0 Å². The van der Waals surface area contributed by atoms with Crippen molar-refractivity contribution in [1.29, 1.82) is 0 Å². The van der Waals surface area contributed by atoms with E-state index in [9.17, 15) is 9.90 Å². The molecule has 0 fully saturated rings. The molecule has 4 N–H and O–H groups in total. The Morgan fingerprint density at radius 3 is 2.25 bits per heavy atom. The molecular weight excluding hydrogens is 300 g/mol. The fraction of sp³-hybridized carbons (Fsp3) is 0.350. The number of nitrogens with one attached hydrogen (secondary N) is 1. The lowest BCUT2D eigenvalue weighted by molar-refractivity contribution is -0.123. The molecule has 0 saturated carbocycles. The molecule has 0 bridgehead atoms. The van der Waals surface area contributed by atoms with E-state index >= 15 is 0 Å². The minimum absolute atomic E-state index is 0.0170. The normalized spacial score (nSPS) is 13.2. The summed E-state index contributed by atoms with van der Waals surface area (Å²) in [6.45, 7) is 0.0170. The van der Waals surface area contributed by atoms with Crippen LogP contribution < -0.4 is 11.1 Å². The molecule has 0 saturated heterocycles. The van der Waals surface area contributed by atoms with Crippen molar-refractivity contribution in [1.82, 2.24) is 5.32 Å². The number of aliphatic hydroxyl groups excluding tert-OH is 1. The van der Waals surface area contributed by atoms with Crippen molar-refractivity contribution in [3.05, 3.63) is 71.8 Å². The number of aryl methyl sites for hydroxylation is 1. The molecule has 0 radical (unpaired) electrons. The molecule has 0 unspecified atom stereocenters. The largest absolute Gasteiger partial charge is 0.396 e. The molecule has 24 heavy (non-hydrogen) atoms. The summed E-state index contributed by atoms with van der Waals surface area (Å²) in [6, 6.07) is 19.1. The summed E-state index contributed by atoms with van der Waals surface area (Å²) in [5, 5.41) is 12.2. The second-order valence-corrected chi connectivity index (χ2v) is 5.97. The van der Waals surface area contributed by atoms with Crippen LogP contribution in [0.2, 0.25) is 0 Å². The number of carbonyl (C=O) groups excluding carboxylic acids is 1. The highest BCUT2D eigenvalue weighted by Gasteiger charge is 2.18. The number of amides is 1. The van der Waals surface area contributed by atoms with Crippen LogP contribution in [0.5, 0.6) is 0 Å². The van der Waals surface area contributed by atoms with Gasteiger partial charge < -0.3 is 16.2 Å². The Balaban J connectivity index is 1.82. The van der Waals surface area contributed by atoms with Crippen LogP contribution in [0.25, 0.3) is 0 Å². The monoisotopic (exact) mass is 326 g/mol. The predicted octanol–water partition coefficient (Wildman–Crippen LogP) is 2.58. The molecule has 2 rings (SSSR count). The van der Waals surface area contributed by atoms with Gasteiger partial charge in [-0.05, 0) is 36.8 Å². The average molecular weight is 326 g/mol. The Morgan fingerprint density at radius 2 is 1.62 bits per heavy atom. The molecule has 2 aromatic rings. The van der Waals surface area contributed by atoms with Crippen LogP contribution in [0.3, 0.4) is 0 Å². The first-order valence-electron chi connectivity index (χ1n) is 8.46. The molecule has 0 aliphatic heterocycles. The second-order valence-electron chi connectivity index (χ2n) is 5.97. The van der Waals surface area contributed by atoms with Gasteiger partial charge in [0.25, 0.3) is 0 Å². The molecule has 0 spiro atoms. The van der Waals surface area contributed by atoms with Crippen LogP contribution in [-0.4, -0.2) is 23.7 Å². The zero-order valence-corrected chi connectivity index (χ0v) is 13.9. The third-order valence-corrected chi connectivity index (χ3v) is 4.10. The third kappa shape index (κ3) is 5.80. The third-order valence-electron chi connectivity index (χ3n) is 4.10. The van der Waals surface area contributed by atoms with E-state index < -0.39 is 6.04 Å². The van der Waals surface area contributed by atoms with E-state index in [0.29, 0.717) is 12.8 Å². The zero-order valence-electron chi connectivity index (χ0n) is 13.9. The SMILES string of the molecule is N[C@H](CCCc1ccccc1)C(=O)N[C@@H](CCO)c1ccccc1. The van der Waals surface area contributed by atoms with Gasteiger partial charge in [0.15, 0.2) is 0 Å². The van der Waals surface area contributed by atoms with E-state index in [0.717, 1.165) is 18.4 Å². The van der Waals surface area contributed by atoms with Gasteiger partial charge in [-0.15, -0.1) is 0 Å². The molecular formula is C20H26N2O2. The lowest BCUT2D eigenvalue weighted by atomic mass is 10.0. The Kier molecular flexibility index (Phi) is 7.46. The molecule has 128 valence electrons. The standard InChI is InChI=1S/C20H26N2O2/c21-18(13-7-10-16-8-3-1-4-9-16)20(24)22-19(14-15-23)17-11-5-2-6-12-17/h1-6,8-9,11-12,18-19,23H,7,10,13-15,21H2,(H,22,24)/t18-,19+/m1/s1. The van der Waals surface area contributed by atoms with Crippen LogP contribution >= 0.6 is 0 Å². The number of benzene rings is 2. The molecule has 0 aliphatic rings. The highest BCUT2D eigenvalue weighted by atomic mass is 16.3. The Bertz CT molecular complexity index is 602. The molecule has 1 amide bonds. The molecule has 2 aromatic carbocycles. The summed E-state index contributed by atoms with van der Waals surface area (Å²) in [4.78, 5) is 12.3. The molecule has 4 heteroatoms. The molecule has 4 nitrogen and oxygen atoms in total. The zero-order chi connectivity index (χ0) is 17.2. The van der Waals surface area contributed by atoms with Gasteiger partial charge in [0.2, 0.25) is 5.91 Å². The van der Waals surface area contributed by atoms with E-state index in [2.05, 4.69) is 17.4 Å². The number of aliphatic hydroxyl groups is 1. The maximum Gasteiger partial charge on any atom is 0.237 e. The first kappa shape index (κ1) is 18.2. The Morgan fingerprint density at radius 1 is 1.00 bits per heavy atom. The first-order chi connectivity index (χ1) is 11.7.